The van der Waals surface area contributed by atoms with Crippen molar-refractivity contribution in [2.75, 3.05) is 0 Å². The number of aromatic nitrogens is 1. The Morgan fingerprint density at radius 1 is 1.17 bits per heavy atom. The molecule has 0 aliphatic rings. The molecule has 1 aromatic carbocycles. The summed E-state index contributed by atoms with van der Waals surface area (Å²) >= 11 is 1.44. The predicted octanol–water partition coefficient (Wildman–Crippen LogP) is 4.60. The standard InChI is InChI=1S/C13H11F3NS/c1-2-3-11-8-18-12(17-11)9-4-6-10(7-5-9)13(14,15)16/h4-8H,1-3H2. The summed E-state index contributed by atoms with van der Waals surface area (Å²) in [5, 5.41) is 2.66. The van der Waals surface area contributed by atoms with Crippen molar-refractivity contribution >= 4 is 11.3 Å². The maximum atomic E-state index is 12.4. The average molecular weight is 270 g/mol. The van der Waals surface area contributed by atoms with Crippen LogP contribution >= 0.6 is 11.3 Å². The molecule has 0 N–H and O–H groups in total. The molecule has 0 aliphatic heterocycles. The van der Waals surface area contributed by atoms with Crippen molar-refractivity contribution in [1.29, 1.82) is 0 Å². The summed E-state index contributed by atoms with van der Waals surface area (Å²) in [7, 11) is 0. The highest BCUT2D eigenvalue weighted by atomic mass is 32.1. The average Bonchev–Trinajstić information content (AvgIpc) is 2.77. The van der Waals surface area contributed by atoms with Gasteiger partial charge in [-0.1, -0.05) is 19.1 Å². The number of hydrogen-bond donors (Lipinski definition) is 0. The topological polar surface area (TPSA) is 12.9 Å². The summed E-state index contributed by atoms with van der Waals surface area (Å²) in [5.41, 5.74) is 1.01. The molecule has 0 unspecified atom stereocenters. The van der Waals surface area contributed by atoms with Crippen LogP contribution in [-0.2, 0) is 12.6 Å². The van der Waals surface area contributed by atoms with Crippen molar-refractivity contribution in [2.45, 2.75) is 19.0 Å². The minimum atomic E-state index is -4.29. The third-order valence-electron chi connectivity index (χ3n) is 2.44. The summed E-state index contributed by atoms with van der Waals surface area (Å²) in [6, 6.07) is 5.07. The molecule has 0 saturated heterocycles. The van der Waals surface area contributed by atoms with E-state index in [9.17, 15) is 13.2 Å². The molecule has 95 valence electrons. The number of benzene rings is 1. The van der Waals surface area contributed by atoms with Crippen molar-refractivity contribution in [2.24, 2.45) is 0 Å². The van der Waals surface area contributed by atoms with E-state index in [0.717, 1.165) is 35.7 Å². The molecule has 0 spiro atoms. The minimum Gasteiger partial charge on any atom is -0.241 e. The summed E-state index contributed by atoms with van der Waals surface area (Å²) < 4.78 is 37.2. The number of halogens is 3. The number of nitrogens with zero attached hydrogens (tertiary/aromatic N) is 1. The van der Waals surface area contributed by atoms with E-state index in [1.807, 2.05) is 5.38 Å². The van der Waals surface area contributed by atoms with Crippen molar-refractivity contribution < 1.29 is 13.2 Å². The van der Waals surface area contributed by atoms with Crippen LogP contribution in [0.4, 0.5) is 13.2 Å². The van der Waals surface area contributed by atoms with Gasteiger partial charge in [0.1, 0.15) is 5.01 Å². The molecule has 0 aliphatic carbocycles. The van der Waals surface area contributed by atoms with Gasteiger partial charge in [-0.25, -0.2) is 4.98 Å². The first-order chi connectivity index (χ1) is 8.50. The second-order valence-corrected chi connectivity index (χ2v) is 4.68. The third-order valence-corrected chi connectivity index (χ3v) is 3.38. The first-order valence-electron chi connectivity index (χ1n) is 5.42. The van der Waals surface area contributed by atoms with Gasteiger partial charge in [0.2, 0.25) is 0 Å². The van der Waals surface area contributed by atoms with Crippen LogP contribution in [0.5, 0.6) is 0 Å². The van der Waals surface area contributed by atoms with Crippen LogP contribution in [0.25, 0.3) is 10.6 Å². The maximum Gasteiger partial charge on any atom is 0.416 e. The summed E-state index contributed by atoms with van der Waals surface area (Å²) in [6.45, 7) is 3.74. The molecule has 1 radical (unpaired) electrons. The molecule has 0 atom stereocenters. The van der Waals surface area contributed by atoms with E-state index in [-0.39, 0.29) is 0 Å². The fraction of sp³-hybridized carbons (Fsp3) is 0.231. The van der Waals surface area contributed by atoms with Crippen LogP contribution in [0.2, 0.25) is 0 Å². The van der Waals surface area contributed by atoms with Gasteiger partial charge in [0.15, 0.2) is 0 Å². The van der Waals surface area contributed by atoms with E-state index in [1.165, 1.54) is 23.5 Å². The Hall–Kier alpha value is -1.36. The highest BCUT2D eigenvalue weighted by Crippen LogP contribution is 2.31. The molecule has 1 aromatic heterocycles. The van der Waals surface area contributed by atoms with Crippen molar-refractivity contribution in [3.8, 4) is 10.6 Å². The Labute approximate surface area is 107 Å². The number of aryl methyl sites for hydroxylation is 1. The Morgan fingerprint density at radius 3 is 2.39 bits per heavy atom. The van der Waals surface area contributed by atoms with Crippen LogP contribution in [0, 0.1) is 6.92 Å². The molecule has 18 heavy (non-hydrogen) atoms. The van der Waals surface area contributed by atoms with Gasteiger partial charge in [-0.3, -0.25) is 0 Å². The van der Waals surface area contributed by atoms with E-state index < -0.39 is 11.7 Å². The second-order valence-electron chi connectivity index (χ2n) is 3.82. The number of hydrogen-bond acceptors (Lipinski definition) is 2. The number of rotatable bonds is 3. The fourth-order valence-electron chi connectivity index (χ4n) is 1.54. The molecule has 0 amide bonds. The Kier molecular flexibility index (Phi) is 3.71. The lowest BCUT2D eigenvalue weighted by atomic mass is 10.1. The lowest BCUT2D eigenvalue weighted by Crippen LogP contribution is -2.03. The minimum absolute atomic E-state index is 0.638. The van der Waals surface area contributed by atoms with Gasteiger partial charge in [0.05, 0.1) is 11.3 Å². The first kappa shape index (κ1) is 13.1. The first-order valence-corrected chi connectivity index (χ1v) is 6.30. The summed E-state index contributed by atoms with van der Waals surface area (Å²) in [4.78, 5) is 4.36. The zero-order valence-corrected chi connectivity index (χ0v) is 10.3. The van der Waals surface area contributed by atoms with E-state index in [2.05, 4.69) is 11.9 Å². The van der Waals surface area contributed by atoms with Crippen molar-refractivity contribution in [3.63, 3.8) is 0 Å². The number of alkyl halides is 3. The summed E-state index contributed by atoms with van der Waals surface area (Å²) in [6.07, 6.45) is -2.74. The molecule has 0 saturated carbocycles. The third kappa shape index (κ3) is 2.90. The Bertz CT molecular complexity index is 514. The van der Waals surface area contributed by atoms with E-state index >= 15 is 0 Å². The SMILES string of the molecule is [CH2]CCc1csc(-c2ccc(C(F)(F)F)cc2)n1. The smallest absolute Gasteiger partial charge is 0.241 e. The molecular formula is C13H11F3NS. The van der Waals surface area contributed by atoms with Crippen molar-refractivity contribution in [3.05, 3.63) is 47.8 Å². The monoisotopic (exact) mass is 270 g/mol. The molecule has 2 aromatic rings. The van der Waals surface area contributed by atoms with Gasteiger partial charge in [-0.05, 0) is 25.0 Å². The predicted molar refractivity (Wildman–Crippen MR) is 66.2 cm³/mol. The van der Waals surface area contributed by atoms with Gasteiger partial charge in [-0.2, -0.15) is 13.2 Å². The van der Waals surface area contributed by atoms with Gasteiger partial charge < -0.3 is 0 Å². The fourth-order valence-corrected chi connectivity index (χ4v) is 2.40. The zero-order chi connectivity index (χ0) is 13.2. The molecule has 5 heteroatoms. The largest absolute Gasteiger partial charge is 0.416 e. The van der Waals surface area contributed by atoms with Crippen molar-refractivity contribution in [1.82, 2.24) is 4.98 Å². The van der Waals surface area contributed by atoms with Gasteiger partial charge in [0.25, 0.3) is 0 Å². The van der Waals surface area contributed by atoms with Crippen LogP contribution in [-0.4, -0.2) is 4.98 Å². The zero-order valence-electron chi connectivity index (χ0n) is 9.50. The van der Waals surface area contributed by atoms with Crippen LogP contribution < -0.4 is 0 Å². The molecule has 0 fully saturated rings. The Morgan fingerprint density at radius 2 is 1.83 bits per heavy atom. The van der Waals surface area contributed by atoms with E-state index in [0.29, 0.717) is 5.56 Å². The highest BCUT2D eigenvalue weighted by molar-refractivity contribution is 7.13. The highest BCUT2D eigenvalue weighted by Gasteiger charge is 2.30. The maximum absolute atomic E-state index is 12.4. The van der Waals surface area contributed by atoms with Crippen LogP contribution in [0.3, 0.4) is 0 Å². The lowest BCUT2D eigenvalue weighted by molar-refractivity contribution is -0.137. The molecule has 2 rings (SSSR count). The van der Waals surface area contributed by atoms with E-state index in [1.54, 1.807) is 0 Å². The molecule has 0 bridgehead atoms. The summed E-state index contributed by atoms with van der Waals surface area (Å²) in [5.74, 6) is 0. The quantitative estimate of drug-likeness (QED) is 0.794. The molecule has 1 nitrogen and oxygen atoms in total. The molecule has 1 heterocycles. The van der Waals surface area contributed by atoms with Crippen LogP contribution in [0.1, 0.15) is 17.7 Å². The Balaban J connectivity index is 2.23. The van der Waals surface area contributed by atoms with Crippen LogP contribution in [0.15, 0.2) is 29.6 Å². The normalized spacial score (nSPS) is 11.8. The van der Waals surface area contributed by atoms with Gasteiger partial charge >= 0.3 is 6.18 Å². The van der Waals surface area contributed by atoms with Gasteiger partial charge in [-0.15, -0.1) is 11.3 Å². The van der Waals surface area contributed by atoms with E-state index in [4.69, 9.17) is 0 Å². The molecular weight excluding hydrogens is 259 g/mol. The second kappa shape index (κ2) is 5.10. The van der Waals surface area contributed by atoms with Gasteiger partial charge in [0, 0.05) is 10.9 Å². The lowest BCUT2D eigenvalue weighted by Gasteiger charge is -2.06. The number of thiazole rings is 1.